The summed E-state index contributed by atoms with van der Waals surface area (Å²) in [6, 6.07) is 8.02. The van der Waals surface area contributed by atoms with Gasteiger partial charge in [-0.1, -0.05) is 24.3 Å². The zero-order valence-electron chi connectivity index (χ0n) is 10.2. The number of benzene rings is 1. The van der Waals surface area contributed by atoms with Gasteiger partial charge in [-0.15, -0.1) is 0 Å². The van der Waals surface area contributed by atoms with E-state index in [1.54, 1.807) is 0 Å². The van der Waals surface area contributed by atoms with Gasteiger partial charge < -0.3 is 0 Å². The fraction of sp³-hybridized carbons (Fsp3) is 0.286. The molecule has 1 aliphatic carbocycles. The van der Waals surface area contributed by atoms with Crippen LogP contribution in [0, 0.1) is 6.92 Å². The van der Waals surface area contributed by atoms with Gasteiger partial charge >= 0.3 is 0 Å². The number of aromatic nitrogens is 2. The normalized spacial score (nSPS) is 13.1. The molecule has 0 amide bonds. The average Bonchev–Trinajstić information content (AvgIpc) is 2.79. The number of hydrogen-bond donors (Lipinski definition) is 0. The van der Waals surface area contributed by atoms with Gasteiger partial charge in [0.15, 0.2) is 5.78 Å². The van der Waals surface area contributed by atoms with Crippen LogP contribution in [0.3, 0.4) is 0 Å². The number of aryl methyl sites for hydroxylation is 1. The Bertz CT molecular complexity index is 623. The molecule has 17 heavy (non-hydrogen) atoms. The topological polar surface area (TPSA) is 34.9 Å². The Morgan fingerprint density at radius 3 is 2.47 bits per heavy atom. The minimum atomic E-state index is 0.111. The first-order valence-corrected chi connectivity index (χ1v) is 5.84. The third kappa shape index (κ3) is 1.22. The molecule has 1 aliphatic rings. The molecule has 0 spiro atoms. The minimum Gasteiger partial charge on any atom is -0.288 e. The summed E-state index contributed by atoms with van der Waals surface area (Å²) in [6.45, 7) is 6.07. The van der Waals surface area contributed by atoms with Gasteiger partial charge in [0.05, 0.1) is 17.0 Å². The van der Waals surface area contributed by atoms with E-state index in [9.17, 15) is 4.79 Å². The van der Waals surface area contributed by atoms with Gasteiger partial charge in [0.1, 0.15) is 0 Å². The van der Waals surface area contributed by atoms with E-state index >= 15 is 0 Å². The van der Waals surface area contributed by atoms with Gasteiger partial charge in [-0.3, -0.25) is 9.48 Å². The van der Waals surface area contributed by atoms with Crippen LogP contribution in [0.1, 0.15) is 41.5 Å². The van der Waals surface area contributed by atoms with Crippen molar-refractivity contribution >= 4 is 5.78 Å². The summed E-state index contributed by atoms with van der Waals surface area (Å²) >= 11 is 0. The summed E-state index contributed by atoms with van der Waals surface area (Å²) in [4.78, 5) is 12.3. The fourth-order valence-corrected chi connectivity index (χ4v) is 2.47. The van der Waals surface area contributed by atoms with E-state index in [-0.39, 0.29) is 11.8 Å². The Balaban J connectivity index is 2.38. The summed E-state index contributed by atoms with van der Waals surface area (Å²) in [5.74, 6) is 0.111. The highest BCUT2D eigenvalue weighted by Crippen LogP contribution is 2.39. The molecular formula is C14H14N2O. The molecule has 0 unspecified atom stereocenters. The van der Waals surface area contributed by atoms with E-state index in [4.69, 9.17) is 0 Å². The average molecular weight is 226 g/mol. The van der Waals surface area contributed by atoms with Crippen molar-refractivity contribution in [2.75, 3.05) is 0 Å². The van der Waals surface area contributed by atoms with Crippen LogP contribution in [0.2, 0.25) is 0 Å². The second kappa shape index (κ2) is 3.29. The molecule has 0 aliphatic heterocycles. The van der Waals surface area contributed by atoms with Crippen LogP contribution in [0.15, 0.2) is 24.3 Å². The molecule has 0 bridgehead atoms. The second-order valence-electron chi connectivity index (χ2n) is 4.72. The zero-order chi connectivity index (χ0) is 12.2. The van der Waals surface area contributed by atoms with E-state index in [0.29, 0.717) is 0 Å². The number of fused-ring (bicyclic) bond motifs is 3. The van der Waals surface area contributed by atoms with Crippen molar-refractivity contribution < 1.29 is 4.79 Å². The van der Waals surface area contributed by atoms with Gasteiger partial charge in [-0.25, -0.2) is 0 Å². The maximum Gasteiger partial charge on any atom is 0.197 e. The smallest absolute Gasteiger partial charge is 0.197 e. The van der Waals surface area contributed by atoms with E-state index in [1.165, 1.54) is 0 Å². The van der Waals surface area contributed by atoms with Gasteiger partial charge in [0.2, 0.25) is 0 Å². The SMILES string of the molecule is Cc1nn(C(C)C)c2c1C(=O)c1ccccc1-2. The zero-order valence-corrected chi connectivity index (χ0v) is 10.2. The van der Waals surface area contributed by atoms with Gasteiger partial charge in [0, 0.05) is 17.2 Å². The third-order valence-corrected chi connectivity index (χ3v) is 3.23. The number of carbonyl (C=O) groups is 1. The molecule has 2 aromatic rings. The van der Waals surface area contributed by atoms with Crippen LogP contribution in [-0.4, -0.2) is 15.6 Å². The Morgan fingerprint density at radius 1 is 1.18 bits per heavy atom. The maximum absolute atomic E-state index is 12.3. The summed E-state index contributed by atoms with van der Waals surface area (Å²) in [6.07, 6.45) is 0. The Hall–Kier alpha value is -1.90. The van der Waals surface area contributed by atoms with Crippen molar-refractivity contribution in [3.63, 3.8) is 0 Å². The predicted octanol–water partition coefficient (Wildman–Crippen LogP) is 2.98. The largest absolute Gasteiger partial charge is 0.288 e. The van der Waals surface area contributed by atoms with Crippen molar-refractivity contribution in [1.82, 2.24) is 9.78 Å². The van der Waals surface area contributed by atoms with E-state index in [0.717, 1.165) is 28.1 Å². The summed E-state index contributed by atoms with van der Waals surface area (Å²) in [7, 11) is 0. The Kier molecular flexibility index (Phi) is 1.99. The molecule has 0 radical (unpaired) electrons. The minimum absolute atomic E-state index is 0.111. The van der Waals surface area contributed by atoms with E-state index in [2.05, 4.69) is 18.9 Å². The van der Waals surface area contributed by atoms with Crippen LogP contribution in [-0.2, 0) is 0 Å². The predicted molar refractivity (Wildman–Crippen MR) is 66.2 cm³/mol. The lowest BCUT2D eigenvalue weighted by molar-refractivity contribution is 0.104. The Labute approximate surface area is 100 Å². The monoisotopic (exact) mass is 226 g/mol. The number of rotatable bonds is 1. The van der Waals surface area contributed by atoms with Crippen LogP contribution < -0.4 is 0 Å². The van der Waals surface area contributed by atoms with Crippen molar-refractivity contribution in [2.45, 2.75) is 26.8 Å². The highest BCUT2D eigenvalue weighted by molar-refractivity contribution is 6.21. The van der Waals surface area contributed by atoms with Crippen LogP contribution >= 0.6 is 0 Å². The molecule has 86 valence electrons. The molecule has 0 N–H and O–H groups in total. The molecule has 1 aromatic carbocycles. The summed E-state index contributed by atoms with van der Waals surface area (Å²) in [5, 5.41) is 4.48. The van der Waals surface area contributed by atoms with Gasteiger partial charge in [0.25, 0.3) is 0 Å². The van der Waals surface area contributed by atoms with Crippen molar-refractivity contribution in [3.8, 4) is 11.3 Å². The molecule has 3 heteroatoms. The van der Waals surface area contributed by atoms with Crippen LogP contribution in [0.25, 0.3) is 11.3 Å². The molecule has 0 saturated heterocycles. The summed E-state index contributed by atoms with van der Waals surface area (Å²) in [5.41, 5.74) is 4.41. The molecule has 1 aromatic heterocycles. The van der Waals surface area contributed by atoms with E-state index in [1.807, 2.05) is 35.9 Å². The lowest BCUT2D eigenvalue weighted by Crippen LogP contribution is -2.04. The standard InChI is InChI=1S/C14H14N2O/c1-8(2)16-13-10-6-4-5-7-11(10)14(17)12(13)9(3)15-16/h4-8H,1-3H3. The third-order valence-electron chi connectivity index (χ3n) is 3.23. The molecule has 3 nitrogen and oxygen atoms in total. The number of ketones is 1. The van der Waals surface area contributed by atoms with Gasteiger partial charge in [-0.2, -0.15) is 5.10 Å². The summed E-state index contributed by atoms with van der Waals surface area (Å²) < 4.78 is 1.95. The molecular weight excluding hydrogens is 212 g/mol. The lowest BCUT2D eigenvalue weighted by Gasteiger charge is -2.10. The fourth-order valence-electron chi connectivity index (χ4n) is 2.47. The highest BCUT2D eigenvalue weighted by Gasteiger charge is 2.33. The molecule has 0 saturated carbocycles. The quantitative estimate of drug-likeness (QED) is 0.639. The van der Waals surface area contributed by atoms with Crippen molar-refractivity contribution in [2.24, 2.45) is 0 Å². The number of carbonyl (C=O) groups excluding carboxylic acids is 1. The van der Waals surface area contributed by atoms with Crippen molar-refractivity contribution in [3.05, 3.63) is 41.1 Å². The van der Waals surface area contributed by atoms with Crippen LogP contribution in [0.4, 0.5) is 0 Å². The Morgan fingerprint density at radius 2 is 1.82 bits per heavy atom. The number of hydrogen-bond acceptors (Lipinski definition) is 2. The van der Waals surface area contributed by atoms with E-state index < -0.39 is 0 Å². The van der Waals surface area contributed by atoms with Gasteiger partial charge in [-0.05, 0) is 20.8 Å². The lowest BCUT2D eigenvalue weighted by atomic mass is 10.1. The first kappa shape index (κ1) is 10.3. The van der Waals surface area contributed by atoms with Crippen LogP contribution in [0.5, 0.6) is 0 Å². The second-order valence-corrected chi connectivity index (χ2v) is 4.72. The maximum atomic E-state index is 12.3. The number of nitrogens with zero attached hydrogens (tertiary/aromatic N) is 2. The molecule has 3 rings (SSSR count). The first-order valence-electron chi connectivity index (χ1n) is 5.84. The molecule has 0 atom stereocenters. The first-order chi connectivity index (χ1) is 8.11. The molecule has 1 heterocycles. The van der Waals surface area contributed by atoms with Crippen molar-refractivity contribution in [1.29, 1.82) is 0 Å². The highest BCUT2D eigenvalue weighted by atomic mass is 16.1. The molecule has 0 fully saturated rings.